The zero-order chi connectivity index (χ0) is 10.4. The standard InChI is InChI=1S/C12H19NS/c1-3-11(14-4-2)12(13)10-8-6-5-7-9-10/h5-9,11-12H,3-4,13H2,1-2H3. The van der Waals surface area contributed by atoms with Crippen molar-refractivity contribution >= 4 is 11.8 Å². The lowest BCUT2D eigenvalue weighted by molar-refractivity contribution is 0.656. The van der Waals surface area contributed by atoms with Crippen LogP contribution < -0.4 is 5.73 Å². The molecule has 0 fully saturated rings. The van der Waals surface area contributed by atoms with Crippen molar-refractivity contribution in [2.45, 2.75) is 31.6 Å². The first-order chi connectivity index (χ1) is 6.79. The summed E-state index contributed by atoms with van der Waals surface area (Å²) in [5.41, 5.74) is 7.47. The fraction of sp³-hybridized carbons (Fsp3) is 0.500. The van der Waals surface area contributed by atoms with Gasteiger partial charge in [0.05, 0.1) is 0 Å². The summed E-state index contributed by atoms with van der Waals surface area (Å²) in [6, 6.07) is 10.5. The Bertz CT molecular complexity index is 248. The van der Waals surface area contributed by atoms with E-state index in [1.807, 2.05) is 17.8 Å². The summed E-state index contributed by atoms with van der Waals surface area (Å²) in [5, 5.41) is 0.544. The summed E-state index contributed by atoms with van der Waals surface area (Å²) in [7, 11) is 0. The second-order valence-electron chi connectivity index (χ2n) is 3.34. The van der Waals surface area contributed by atoms with Gasteiger partial charge >= 0.3 is 0 Å². The Morgan fingerprint density at radius 2 is 1.86 bits per heavy atom. The molecule has 2 unspecified atom stereocenters. The highest BCUT2D eigenvalue weighted by Crippen LogP contribution is 2.26. The molecule has 1 aromatic rings. The Morgan fingerprint density at radius 3 is 2.36 bits per heavy atom. The predicted octanol–water partition coefficient (Wildman–Crippen LogP) is 3.22. The summed E-state index contributed by atoms with van der Waals surface area (Å²) in [5.74, 6) is 1.14. The molecule has 2 atom stereocenters. The largest absolute Gasteiger partial charge is 0.323 e. The van der Waals surface area contributed by atoms with E-state index in [4.69, 9.17) is 5.73 Å². The molecule has 1 nitrogen and oxygen atoms in total. The third-order valence-electron chi connectivity index (χ3n) is 2.37. The number of rotatable bonds is 5. The van der Waals surface area contributed by atoms with E-state index in [2.05, 4.69) is 38.1 Å². The molecule has 0 heterocycles. The first kappa shape index (κ1) is 11.6. The molecule has 0 saturated carbocycles. The average Bonchev–Trinajstić information content (AvgIpc) is 2.26. The second kappa shape index (κ2) is 6.10. The van der Waals surface area contributed by atoms with Crippen molar-refractivity contribution in [2.75, 3.05) is 5.75 Å². The van der Waals surface area contributed by atoms with Crippen LogP contribution in [0.4, 0.5) is 0 Å². The van der Waals surface area contributed by atoms with Crippen molar-refractivity contribution in [1.82, 2.24) is 0 Å². The van der Waals surface area contributed by atoms with Crippen LogP contribution in [0.3, 0.4) is 0 Å². The van der Waals surface area contributed by atoms with Gasteiger partial charge in [-0.25, -0.2) is 0 Å². The number of thioether (sulfide) groups is 1. The Balaban J connectivity index is 2.67. The van der Waals surface area contributed by atoms with Gasteiger partial charge in [0.25, 0.3) is 0 Å². The van der Waals surface area contributed by atoms with Crippen molar-refractivity contribution in [2.24, 2.45) is 5.73 Å². The zero-order valence-corrected chi connectivity index (χ0v) is 9.76. The first-order valence-electron chi connectivity index (χ1n) is 5.21. The van der Waals surface area contributed by atoms with Crippen LogP contribution in [0.25, 0.3) is 0 Å². The van der Waals surface area contributed by atoms with E-state index in [1.165, 1.54) is 5.56 Å². The lowest BCUT2D eigenvalue weighted by Gasteiger charge is -2.21. The van der Waals surface area contributed by atoms with E-state index < -0.39 is 0 Å². The molecule has 0 aromatic heterocycles. The number of hydrogen-bond donors (Lipinski definition) is 1. The van der Waals surface area contributed by atoms with Crippen LogP contribution in [0.1, 0.15) is 31.9 Å². The maximum atomic E-state index is 6.22. The molecular weight excluding hydrogens is 190 g/mol. The van der Waals surface area contributed by atoms with Gasteiger partial charge in [-0.15, -0.1) is 0 Å². The molecule has 2 heteroatoms. The maximum absolute atomic E-state index is 6.22. The molecular formula is C12H19NS. The fourth-order valence-corrected chi connectivity index (χ4v) is 2.61. The molecule has 0 saturated heterocycles. The summed E-state index contributed by atoms with van der Waals surface area (Å²) < 4.78 is 0. The minimum atomic E-state index is 0.172. The molecule has 78 valence electrons. The van der Waals surface area contributed by atoms with Crippen molar-refractivity contribution in [3.8, 4) is 0 Å². The molecule has 0 aliphatic carbocycles. The molecule has 0 aliphatic heterocycles. The number of hydrogen-bond acceptors (Lipinski definition) is 2. The molecule has 14 heavy (non-hydrogen) atoms. The normalized spacial score (nSPS) is 15.1. The zero-order valence-electron chi connectivity index (χ0n) is 8.94. The van der Waals surface area contributed by atoms with E-state index in [9.17, 15) is 0 Å². The Hall–Kier alpha value is -0.470. The summed E-state index contributed by atoms with van der Waals surface area (Å²) in [6.45, 7) is 4.39. The molecule has 2 N–H and O–H groups in total. The van der Waals surface area contributed by atoms with E-state index in [0.29, 0.717) is 5.25 Å². The molecule has 0 amide bonds. The molecule has 1 rings (SSSR count). The minimum absolute atomic E-state index is 0.172. The highest BCUT2D eigenvalue weighted by molar-refractivity contribution is 7.99. The molecule has 1 aromatic carbocycles. The van der Waals surface area contributed by atoms with Gasteiger partial charge < -0.3 is 5.73 Å². The van der Waals surface area contributed by atoms with Gasteiger partial charge in [0.15, 0.2) is 0 Å². The van der Waals surface area contributed by atoms with Crippen molar-refractivity contribution in [3.63, 3.8) is 0 Å². The monoisotopic (exact) mass is 209 g/mol. The van der Waals surface area contributed by atoms with Crippen molar-refractivity contribution in [1.29, 1.82) is 0 Å². The van der Waals surface area contributed by atoms with Crippen LogP contribution in [0.5, 0.6) is 0 Å². The molecule has 0 aliphatic rings. The van der Waals surface area contributed by atoms with Gasteiger partial charge in [0, 0.05) is 11.3 Å². The van der Waals surface area contributed by atoms with Gasteiger partial charge in [-0.1, -0.05) is 44.2 Å². The summed E-state index contributed by atoms with van der Waals surface area (Å²) in [4.78, 5) is 0. The average molecular weight is 209 g/mol. The SMILES string of the molecule is CCSC(CC)C(N)c1ccccc1. The first-order valence-corrected chi connectivity index (χ1v) is 6.26. The van der Waals surface area contributed by atoms with Crippen LogP contribution in [0, 0.1) is 0 Å². The molecule has 0 radical (unpaired) electrons. The van der Waals surface area contributed by atoms with Crippen LogP contribution in [-0.2, 0) is 0 Å². The van der Waals surface area contributed by atoms with E-state index >= 15 is 0 Å². The van der Waals surface area contributed by atoms with Gasteiger partial charge in [0.2, 0.25) is 0 Å². The lowest BCUT2D eigenvalue weighted by atomic mass is 10.0. The van der Waals surface area contributed by atoms with E-state index in [0.717, 1.165) is 12.2 Å². The Kier molecular flexibility index (Phi) is 5.05. The Labute approximate surface area is 91.1 Å². The van der Waals surface area contributed by atoms with Crippen LogP contribution in [-0.4, -0.2) is 11.0 Å². The highest BCUT2D eigenvalue weighted by Gasteiger charge is 2.16. The lowest BCUT2D eigenvalue weighted by Crippen LogP contribution is -2.23. The van der Waals surface area contributed by atoms with Gasteiger partial charge in [-0.2, -0.15) is 11.8 Å². The van der Waals surface area contributed by atoms with Crippen LogP contribution in [0.2, 0.25) is 0 Å². The number of benzene rings is 1. The summed E-state index contributed by atoms with van der Waals surface area (Å²) >= 11 is 1.95. The Morgan fingerprint density at radius 1 is 1.21 bits per heavy atom. The summed E-state index contributed by atoms with van der Waals surface area (Å²) in [6.07, 6.45) is 1.13. The van der Waals surface area contributed by atoms with Gasteiger partial charge in [0.1, 0.15) is 0 Å². The van der Waals surface area contributed by atoms with Crippen LogP contribution in [0.15, 0.2) is 30.3 Å². The molecule has 0 spiro atoms. The van der Waals surface area contributed by atoms with Gasteiger partial charge in [-0.3, -0.25) is 0 Å². The molecule has 0 bridgehead atoms. The minimum Gasteiger partial charge on any atom is -0.323 e. The topological polar surface area (TPSA) is 26.0 Å². The maximum Gasteiger partial charge on any atom is 0.0415 e. The highest BCUT2D eigenvalue weighted by atomic mass is 32.2. The third-order valence-corrected chi connectivity index (χ3v) is 3.76. The fourth-order valence-electron chi connectivity index (χ4n) is 1.58. The quantitative estimate of drug-likeness (QED) is 0.806. The predicted molar refractivity (Wildman–Crippen MR) is 65.6 cm³/mol. The van der Waals surface area contributed by atoms with Crippen LogP contribution >= 0.6 is 11.8 Å². The van der Waals surface area contributed by atoms with E-state index in [-0.39, 0.29) is 6.04 Å². The smallest absolute Gasteiger partial charge is 0.0415 e. The number of nitrogens with two attached hydrogens (primary N) is 1. The second-order valence-corrected chi connectivity index (χ2v) is 4.85. The van der Waals surface area contributed by atoms with E-state index in [1.54, 1.807) is 0 Å². The van der Waals surface area contributed by atoms with Crippen molar-refractivity contribution < 1.29 is 0 Å². The van der Waals surface area contributed by atoms with Crippen molar-refractivity contribution in [3.05, 3.63) is 35.9 Å². The third kappa shape index (κ3) is 3.03. The van der Waals surface area contributed by atoms with Gasteiger partial charge in [-0.05, 0) is 17.7 Å².